The summed E-state index contributed by atoms with van der Waals surface area (Å²) in [5.41, 5.74) is 0.364. The van der Waals surface area contributed by atoms with E-state index in [9.17, 15) is 0 Å². The summed E-state index contributed by atoms with van der Waals surface area (Å²) in [4.78, 5) is 0. The van der Waals surface area contributed by atoms with E-state index >= 15 is 0 Å². The predicted octanol–water partition coefficient (Wildman–Crippen LogP) is 2.02. The van der Waals surface area contributed by atoms with Crippen molar-refractivity contribution in [3.63, 3.8) is 0 Å². The molecule has 0 aromatic heterocycles. The summed E-state index contributed by atoms with van der Waals surface area (Å²) >= 11 is 0. The highest BCUT2D eigenvalue weighted by molar-refractivity contribution is 5.04. The molecule has 3 heteroatoms. The Bertz CT molecular complexity index is 186. The molecule has 0 spiro atoms. The van der Waals surface area contributed by atoms with Gasteiger partial charge in [-0.15, -0.1) is 0 Å². The van der Waals surface area contributed by atoms with Gasteiger partial charge in [-0.3, -0.25) is 0 Å². The highest BCUT2D eigenvalue weighted by atomic mass is 16.5. The zero-order chi connectivity index (χ0) is 10.9. The van der Waals surface area contributed by atoms with E-state index < -0.39 is 0 Å². The van der Waals surface area contributed by atoms with Gasteiger partial charge in [-0.2, -0.15) is 0 Å². The van der Waals surface area contributed by atoms with Crippen LogP contribution in [-0.4, -0.2) is 32.5 Å². The second-order valence-electron chi connectivity index (χ2n) is 4.96. The summed E-state index contributed by atoms with van der Waals surface area (Å²) in [5, 5.41) is 0. The average Bonchev–Trinajstić information content (AvgIpc) is 2.13. The molecule has 2 fully saturated rings. The fourth-order valence-corrected chi connectivity index (χ4v) is 2.81. The summed E-state index contributed by atoms with van der Waals surface area (Å²) in [6.07, 6.45) is 2.37. The normalized spacial score (nSPS) is 27.2. The topological polar surface area (TPSA) is 27.7 Å². The van der Waals surface area contributed by atoms with Crippen molar-refractivity contribution in [3.05, 3.63) is 7.11 Å². The molecule has 1 radical (unpaired) electrons. The standard InChI is InChI=1S/C12H21O3/c1-4-11(6-14-7-11)10(13-3)12(5-2)8-15-9-12/h10H,3-9H2,1-2H3. The van der Waals surface area contributed by atoms with Crippen molar-refractivity contribution < 1.29 is 14.2 Å². The van der Waals surface area contributed by atoms with Crippen LogP contribution in [0.3, 0.4) is 0 Å². The molecule has 3 nitrogen and oxygen atoms in total. The molecule has 0 saturated carbocycles. The maximum absolute atomic E-state index is 5.54. The molecule has 0 N–H and O–H groups in total. The molecule has 0 atom stereocenters. The van der Waals surface area contributed by atoms with Gasteiger partial charge >= 0.3 is 0 Å². The first-order valence-corrected chi connectivity index (χ1v) is 5.79. The van der Waals surface area contributed by atoms with Crippen molar-refractivity contribution >= 4 is 0 Å². The minimum atomic E-state index is 0.182. The molecule has 0 amide bonds. The molecule has 2 saturated heterocycles. The van der Waals surface area contributed by atoms with Gasteiger partial charge in [0, 0.05) is 10.8 Å². The average molecular weight is 213 g/mol. The second-order valence-corrected chi connectivity index (χ2v) is 4.96. The van der Waals surface area contributed by atoms with Gasteiger partial charge in [0.05, 0.1) is 39.6 Å². The zero-order valence-corrected chi connectivity index (χ0v) is 9.75. The van der Waals surface area contributed by atoms with E-state index in [0.29, 0.717) is 0 Å². The van der Waals surface area contributed by atoms with Crippen LogP contribution >= 0.6 is 0 Å². The molecular weight excluding hydrogens is 192 g/mol. The van der Waals surface area contributed by atoms with Crippen LogP contribution < -0.4 is 0 Å². The van der Waals surface area contributed by atoms with Gasteiger partial charge in [0.15, 0.2) is 0 Å². The van der Waals surface area contributed by atoms with E-state index in [1.54, 1.807) is 0 Å². The highest BCUT2D eigenvalue weighted by Gasteiger charge is 2.56. The third kappa shape index (κ3) is 1.52. The summed E-state index contributed by atoms with van der Waals surface area (Å²) in [6, 6.07) is 0. The first-order chi connectivity index (χ1) is 7.23. The molecule has 0 unspecified atom stereocenters. The molecule has 2 aliphatic heterocycles. The molecule has 2 heterocycles. The lowest BCUT2D eigenvalue weighted by atomic mass is 9.63. The van der Waals surface area contributed by atoms with Crippen LogP contribution in [0.5, 0.6) is 0 Å². The molecule has 2 aliphatic rings. The molecule has 0 bridgehead atoms. The van der Waals surface area contributed by atoms with Crippen molar-refractivity contribution in [2.24, 2.45) is 10.8 Å². The Hall–Kier alpha value is -0.120. The Balaban J connectivity index is 2.15. The number of rotatable bonds is 5. The first kappa shape index (κ1) is 11.4. The van der Waals surface area contributed by atoms with Crippen molar-refractivity contribution in [2.75, 3.05) is 26.4 Å². The summed E-state index contributed by atoms with van der Waals surface area (Å²) in [6.45, 7) is 7.66. The van der Waals surface area contributed by atoms with Gasteiger partial charge < -0.3 is 14.2 Å². The van der Waals surface area contributed by atoms with Crippen LogP contribution in [-0.2, 0) is 14.2 Å². The lowest BCUT2D eigenvalue weighted by molar-refractivity contribution is -0.261. The van der Waals surface area contributed by atoms with Crippen LogP contribution in [0.4, 0.5) is 0 Å². The van der Waals surface area contributed by atoms with Crippen LogP contribution in [0.15, 0.2) is 0 Å². The van der Waals surface area contributed by atoms with Crippen molar-refractivity contribution in [3.8, 4) is 0 Å². The third-order valence-electron chi connectivity index (χ3n) is 4.25. The van der Waals surface area contributed by atoms with Crippen LogP contribution in [0, 0.1) is 17.9 Å². The van der Waals surface area contributed by atoms with Crippen LogP contribution in [0.1, 0.15) is 26.7 Å². The quantitative estimate of drug-likeness (QED) is 0.699. The monoisotopic (exact) mass is 213 g/mol. The molecular formula is C12H21O3. The molecule has 87 valence electrons. The fraction of sp³-hybridized carbons (Fsp3) is 0.917. The minimum Gasteiger partial charge on any atom is -0.380 e. The number of ether oxygens (including phenoxy) is 3. The van der Waals surface area contributed by atoms with Gasteiger partial charge in [0.2, 0.25) is 0 Å². The molecule has 0 aromatic carbocycles. The van der Waals surface area contributed by atoms with E-state index in [1.165, 1.54) is 0 Å². The molecule has 15 heavy (non-hydrogen) atoms. The third-order valence-corrected chi connectivity index (χ3v) is 4.25. The number of hydrogen-bond acceptors (Lipinski definition) is 3. The lowest BCUT2D eigenvalue weighted by Crippen LogP contribution is -2.63. The van der Waals surface area contributed by atoms with Gasteiger partial charge in [-0.05, 0) is 12.8 Å². The Morgan fingerprint density at radius 1 is 1.07 bits per heavy atom. The Morgan fingerprint density at radius 2 is 1.47 bits per heavy atom. The summed E-state index contributed by atoms with van der Waals surface area (Å²) in [5.74, 6) is 0. The SMILES string of the molecule is [CH2]OC(C1(CC)COC1)C1(CC)COC1. The fourth-order valence-electron chi connectivity index (χ4n) is 2.81. The van der Waals surface area contributed by atoms with Gasteiger partial charge in [0.25, 0.3) is 0 Å². The van der Waals surface area contributed by atoms with E-state index in [-0.39, 0.29) is 16.9 Å². The minimum absolute atomic E-state index is 0.182. The predicted molar refractivity (Wildman–Crippen MR) is 57.3 cm³/mol. The summed E-state index contributed by atoms with van der Waals surface area (Å²) in [7, 11) is 3.67. The van der Waals surface area contributed by atoms with Crippen molar-refractivity contribution in [1.82, 2.24) is 0 Å². The maximum Gasteiger partial charge on any atom is 0.0776 e. The first-order valence-electron chi connectivity index (χ1n) is 5.79. The van der Waals surface area contributed by atoms with Crippen LogP contribution in [0.2, 0.25) is 0 Å². The van der Waals surface area contributed by atoms with Crippen LogP contribution in [0.25, 0.3) is 0 Å². The van der Waals surface area contributed by atoms with E-state index in [1.807, 2.05) is 0 Å². The largest absolute Gasteiger partial charge is 0.380 e. The van der Waals surface area contributed by atoms with Gasteiger partial charge in [-0.25, -0.2) is 0 Å². The van der Waals surface area contributed by atoms with Crippen molar-refractivity contribution in [1.29, 1.82) is 0 Å². The van der Waals surface area contributed by atoms with E-state index in [0.717, 1.165) is 39.3 Å². The van der Waals surface area contributed by atoms with Gasteiger partial charge in [-0.1, -0.05) is 13.8 Å². The Morgan fingerprint density at radius 3 is 1.60 bits per heavy atom. The van der Waals surface area contributed by atoms with Crippen molar-refractivity contribution in [2.45, 2.75) is 32.8 Å². The molecule has 0 aromatic rings. The van der Waals surface area contributed by atoms with Gasteiger partial charge in [0.1, 0.15) is 0 Å². The number of hydrogen-bond donors (Lipinski definition) is 0. The highest BCUT2D eigenvalue weighted by Crippen LogP contribution is 2.49. The lowest BCUT2D eigenvalue weighted by Gasteiger charge is -2.56. The molecule has 2 rings (SSSR count). The smallest absolute Gasteiger partial charge is 0.0776 e. The second kappa shape index (κ2) is 4.04. The zero-order valence-electron chi connectivity index (χ0n) is 9.75. The molecule has 0 aliphatic carbocycles. The summed E-state index contributed by atoms with van der Waals surface area (Å²) < 4.78 is 16.3. The van der Waals surface area contributed by atoms with E-state index in [4.69, 9.17) is 14.2 Å². The van der Waals surface area contributed by atoms with E-state index in [2.05, 4.69) is 21.0 Å². The Labute approximate surface area is 92.1 Å². The Kier molecular flexibility index (Phi) is 3.06. The maximum atomic E-state index is 5.54.